The van der Waals surface area contributed by atoms with Crippen LogP contribution in [0.5, 0.6) is 0 Å². The van der Waals surface area contributed by atoms with Crippen LogP contribution in [0, 0.1) is 12.7 Å². The number of amides is 2. The van der Waals surface area contributed by atoms with Crippen molar-refractivity contribution in [2.24, 2.45) is 0 Å². The minimum absolute atomic E-state index is 0.0161. The van der Waals surface area contributed by atoms with Gasteiger partial charge in [0, 0.05) is 45.7 Å². The quantitative estimate of drug-likeness (QED) is 0.712. The Kier molecular flexibility index (Phi) is 6.97. The first-order valence-corrected chi connectivity index (χ1v) is 11.8. The number of aromatic nitrogens is 1. The highest BCUT2D eigenvalue weighted by molar-refractivity contribution is 7.13. The Hall–Kier alpha value is -2.32. The molecule has 0 saturated carbocycles. The molecular weight excluding hydrogens is 415 g/mol. The summed E-state index contributed by atoms with van der Waals surface area (Å²) in [5, 5.41) is 0.859. The van der Waals surface area contributed by atoms with Crippen molar-refractivity contribution in [3.63, 3.8) is 0 Å². The smallest absolute Gasteiger partial charge is 0.265 e. The Morgan fingerprint density at radius 1 is 0.968 bits per heavy atom. The fourth-order valence-corrected chi connectivity index (χ4v) is 5.26. The number of halogens is 1. The van der Waals surface area contributed by atoms with Gasteiger partial charge in [0.2, 0.25) is 5.91 Å². The van der Waals surface area contributed by atoms with Crippen LogP contribution in [-0.4, -0.2) is 77.3 Å². The van der Waals surface area contributed by atoms with E-state index in [1.807, 2.05) is 16.7 Å². The lowest BCUT2D eigenvalue weighted by molar-refractivity contribution is -0.133. The predicted molar refractivity (Wildman–Crippen MR) is 119 cm³/mol. The largest absolute Gasteiger partial charge is 0.342 e. The summed E-state index contributed by atoms with van der Waals surface area (Å²) in [6, 6.07) is 6.38. The third-order valence-electron chi connectivity index (χ3n) is 6.03. The van der Waals surface area contributed by atoms with Crippen LogP contribution in [0.3, 0.4) is 0 Å². The molecule has 2 aliphatic rings. The fourth-order valence-electron chi connectivity index (χ4n) is 4.19. The molecule has 1 aromatic carbocycles. The van der Waals surface area contributed by atoms with Gasteiger partial charge in [-0.2, -0.15) is 0 Å². The average molecular weight is 445 g/mol. The van der Waals surface area contributed by atoms with Crippen LogP contribution < -0.4 is 0 Å². The van der Waals surface area contributed by atoms with Gasteiger partial charge in [0.15, 0.2) is 0 Å². The van der Waals surface area contributed by atoms with Gasteiger partial charge in [0.05, 0.1) is 17.2 Å². The second-order valence-electron chi connectivity index (χ2n) is 8.34. The molecule has 1 aromatic heterocycles. The number of thiazole rings is 1. The molecule has 0 N–H and O–H groups in total. The molecule has 2 saturated heterocycles. The highest BCUT2D eigenvalue weighted by Crippen LogP contribution is 2.23. The van der Waals surface area contributed by atoms with Crippen molar-refractivity contribution in [1.82, 2.24) is 19.7 Å². The Morgan fingerprint density at radius 3 is 2.32 bits per heavy atom. The SMILES string of the molecule is Cc1nc(Cc2ccc(F)cc2)sc1C(=O)N1CCN(CC(=O)N2CCCCC2)CC1. The number of nitrogens with zero attached hydrogens (tertiary/aromatic N) is 4. The van der Waals surface area contributed by atoms with Gasteiger partial charge in [-0.3, -0.25) is 14.5 Å². The molecule has 0 bridgehead atoms. The first kappa shape index (κ1) is 21.9. The van der Waals surface area contributed by atoms with Crippen molar-refractivity contribution in [3.05, 3.63) is 51.2 Å². The van der Waals surface area contributed by atoms with Crippen LogP contribution in [0.4, 0.5) is 4.39 Å². The third kappa shape index (κ3) is 5.49. The lowest BCUT2D eigenvalue weighted by atomic mass is 10.1. The number of likely N-dealkylation sites (tertiary alicyclic amines) is 1. The van der Waals surface area contributed by atoms with E-state index in [1.165, 1.54) is 29.9 Å². The van der Waals surface area contributed by atoms with Gasteiger partial charge in [-0.15, -0.1) is 11.3 Å². The van der Waals surface area contributed by atoms with Crippen molar-refractivity contribution >= 4 is 23.2 Å². The highest BCUT2D eigenvalue weighted by Gasteiger charge is 2.27. The average Bonchev–Trinajstić information content (AvgIpc) is 3.16. The number of rotatable bonds is 5. The molecule has 0 spiro atoms. The van der Waals surface area contributed by atoms with E-state index in [1.54, 1.807) is 12.1 Å². The van der Waals surface area contributed by atoms with Crippen LogP contribution in [0.2, 0.25) is 0 Å². The molecule has 8 heteroatoms. The summed E-state index contributed by atoms with van der Waals surface area (Å²) in [4.78, 5) is 36.8. The molecule has 2 amide bonds. The molecule has 3 heterocycles. The number of benzene rings is 1. The zero-order chi connectivity index (χ0) is 21.8. The second kappa shape index (κ2) is 9.87. The number of hydrogen-bond donors (Lipinski definition) is 0. The third-order valence-corrected chi connectivity index (χ3v) is 7.18. The maximum atomic E-state index is 13.1. The monoisotopic (exact) mass is 444 g/mol. The zero-order valence-corrected chi connectivity index (χ0v) is 18.8. The van der Waals surface area contributed by atoms with Gasteiger partial charge >= 0.3 is 0 Å². The number of piperidine rings is 1. The van der Waals surface area contributed by atoms with Crippen molar-refractivity contribution in [2.75, 3.05) is 45.8 Å². The van der Waals surface area contributed by atoms with Crippen molar-refractivity contribution < 1.29 is 14.0 Å². The summed E-state index contributed by atoms with van der Waals surface area (Å²) in [6.07, 6.45) is 4.01. The molecule has 166 valence electrons. The number of carbonyl (C=O) groups excluding carboxylic acids is 2. The van der Waals surface area contributed by atoms with Crippen molar-refractivity contribution in [2.45, 2.75) is 32.6 Å². The molecule has 2 aromatic rings. The summed E-state index contributed by atoms with van der Waals surface area (Å²) in [6.45, 7) is 6.74. The molecule has 4 rings (SSSR count). The Labute approximate surface area is 186 Å². The maximum absolute atomic E-state index is 13.1. The van der Waals surface area contributed by atoms with E-state index >= 15 is 0 Å². The van der Waals surface area contributed by atoms with Crippen LogP contribution in [-0.2, 0) is 11.2 Å². The van der Waals surface area contributed by atoms with Crippen molar-refractivity contribution in [3.8, 4) is 0 Å². The van der Waals surface area contributed by atoms with Gasteiger partial charge in [-0.1, -0.05) is 12.1 Å². The minimum Gasteiger partial charge on any atom is -0.342 e. The lowest BCUT2D eigenvalue weighted by Gasteiger charge is -2.36. The minimum atomic E-state index is -0.258. The highest BCUT2D eigenvalue weighted by atomic mass is 32.1. The molecule has 2 aliphatic heterocycles. The van der Waals surface area contributed by atoms with Gasteiger partial charge in [-0.25, -0.2) is 9.37 Å². The number of carbonyl (C=O) groups is 2. The summed E-state index contributed by atoms with van der Waals surface area (Å²) >= 11 is 1.42. The molecular formula is C23H29FN4O2S. The molecule has 0 aliphatic carbocycles. The van der Waals surface area contributed by atoms with E-state index in [2.05, 4.69) is 9.88 Å². The first-order valence-electron chi connectivity index (χ1n) is 11.0. The van der Waals surface area contributed by atoms with Crippen LogP contribution in [0.1, 0.15) is 45.2 Å². The summed E-state index contributed by atoms with van der Waals surface area (Å²) in [7, 11) is 0. The number of hydrogen-bond acceptors (Lipinski definition) is 5. The number of aryl methyl sites for hydroxylation is 1. The fraction of sp³-hybridized carbons (Fsp3) is 0.522. The lowest BCUT2D eigenvalue weighted by Crippen LogP contribution is -2.52. The molecule has 0 radical (unpaired) electrons. The van der Waals surface area contributed by atoms with E-state index in [-0.39, 0.29) is 17.6 Å². The van der Waals surface area contributed by atoms with E-state index < -0.39 is 0 Å². The normalized spacial score (nSPS) is 17.7. The first-order chi connectivity index (χ1) is 15.0. The summed E-state index contributed by atoms with van der Waals surface area (Å²) < 4.78 is 13.1. The zero-order valence-electron chi connectivity index (χ0n) is 18.0. The van der Waals surface area contributed by atoms with Crippen LogP contribution in [0.15, 0.2) is 24.3 Å². The summed E-state index contributed by atoms with van der Waals surface area (Å²) in [5.74, 6) is -0.0303. The topological polar surface area (TPSA) is 56.8 Å². The molecule has 6 nitrogen and oxygen atoms in total. The predicted octanol–water partition coefficient (Wildman–Crippen LogP) is 2.95. The van der Waals surface area contributed by atoms with Gasteiger partial charge in [-0.05, 0) is 43.9 Å². The Morgan fingerprint density at radius 2 is 1.65 bits per heavy atom. The Bertz CT molecular complexity index is 916. The molecule has 0 atom stereocenters. The second-order valence-corrected chi connectivity index (χ2v) is 9.42. The van der Waals surface area contributed by atoms with E-state index in [0.29, 0.717) is 44.0 Å². The molecule has 31 heavy (non-hydrogen) atoms. The van der Waals surface area contributed by atoms with Crippen molar-refractivity contribution in [1.29, 1.82) is 0 Å². The summed E-state index contributed by atoms with van der Waals surface area (Å²) in [5.41, 5.74) is 1.72. The van der Waals surface area contributed by atoms with Gasteiger partial charge in [0.25, 0.3) is 5.91 Å². The maximum Gasteiger partial charge on any atom is 0.265 e. The van der Waals surface area contributed by atoms with Gasteiger partial charge < -0.3 is 9.80 Å². The molecule has 0 unspecified atom stereocenters. The van der Waals surface area contributed by atoms with Crippen LogP contribution >= 0.6 is 11.3 Å². The van der Waals surface area contributed by atoms with Crippen LogP contribution in [0.25, 0.3) is 0 Å². The standard InChI is InChI=1S/C23H29FN4O2S/c1-17-22(31-20(25-17)15-18-5-7-19(24)8-6-18)23(30)28-13-11-26(12-14-28)16-21(29)27-9-3-2-4-10-27/h5-8H,2-4,9-16H2,1H3. The number of piperazine rings is 1. The Balaban J connectivity index is 1.30. The van der Waals surface area contributed by atoms with E-state index in [4.69, 9.17) is 0 Å². The van der Waals surface area contributed by atoms with E-state index in [0.717, 1.165) is 42.2 Å². The van der Waals surface area contributed by atoms with E-state index in [9.17, 15) is 14.0 Å². The van der Waals surface area contributed by atoms with Gasteiger partial charge in [0.1, 0.15) is 10.7 Å². The molecule has 2 fully saturated rings.